The number of para-hydroxylation sites is 1. The van der Waals surface area contributed by atoms with Crippen LogP contribution in [-0.4, -0.2) is 34.0 Å². The van der Waals surface area contributed by atoms with Gasteiger partial charge < -0.3 is 10.1 Å². The highest BCUT2D eigenvalue weighted by molar-refractivity contribution is 8.00. The Morgan fingerprint density at radius 2 is 2.18 bits per heavy atom. The van der Waals surface area contributed by atoms with Crippen molar-refractivity contribution in [2.45, 2.75) is 6.92 Å². The molecule has 17 heavy (non-hydrogen) atoms. The molecule has 2 N–H and O–H groups in total. The maximum atomic E-state index is 12.1. The Balaban J connectivity index is 2.28. The highest BCUT2D eigenvalue weighted by Gasteiger charge is 2.15. The molecule has 1 aromatic carbocycles. The molecule has 2 rings (SSSR count). The monoisotopic (exact) mass is 249 g/mol. The Morgan fingerprint density at radius 3 is 2.94 bits per heavy atom. The van der Waals surface area contributed by atoms with E-state index < -0.39 is 0 Å². The van der Waals surface area contributed by atoms with Crippen LogP contribution in [0, 0.1) is 6.92 Å². The van der Waals surface area contributed by atoms with E-state index in [1.54, 1.807) is 0 Å². The van der Waals surface area contributed by atoms with Gasteiger partial charge in [0.05, 0.1) is 12.4 Å². The molecule has 90 valence electrons. The summed E-state index contributed by atoms with van der Waals surface area (Å²) in [6.07, 6.45) is 0. The van der Waals surface area contributed by atoms with Gasteiger partial charge in [-0.05, 0) is 13.0 Å². The number of nitrogens with one attached hydrogen (secondary N) is 1. The van der Waals surface area contributed by atoms with Crippen molar-refractivity contribution in [1.29, 1.82) is 0 Å². The lowest BCUT2D eigenvalue weighted by Crippen LogP contribution is -2.05. The number of ketones is 1. The van der Waals surface area contributed by atoms with Gasteiger partial charge in [-0.2, -0.15) is 11.8 Å². The molecule has 3 nitrogen and oxygen atoms in total. The third-order valence-corrected chi connectivity index (χ3v) is 3.58. The summed E-state index contributed by atoms with van der Waals surface area (Å²) in [6.45, 7) is 2.04. The van der Waals surface area contributed by atoms with Crippen molar-refractivity contribution in [1.82, 2.24) is 4.98 Å². The molecule has 4 heteroatoms. The van der Waals surface area contributed by atoms with E-state index in [9.17, 15) is 4.79 Å². The van der Waals surface area contributed by atoms with Crippen molar-refractivity contribution >= 4 is 28.4 Å². The Labute approximate surface area is 104 Å². The fourth-order valence-corrected chi connectivity index (χ4v) is 2.54. The van der Waals surface area contributed by atoms with Gasteiger partial charge in [-0.3, -0.25) is 4.79 Å². The van der Waals surface area contributed by atoms with Crippen LogP contribution in [0.3, 0.4) is 0 Å². The van der Waals surface area contributed by atoms with Crippen LogP contribution in [0.4, 0.5) is 0 Å². The van der Waals surface area contributed by atoms with Crippen LogP contribution in [0.5, 0.6) is 0 Å². The van der Waals surface area contributed by atoms with Gasteiger partial charge in [-0.15, -0.1) is 0 Å². The van der Waals surface area contributed by atoms with Crippen LogP contribution in [0.1, 0.15) is 16.1 Å². The first-order valence-corrected chi connectivity index (χ1v) is 6.68. The van der Waals surface area contributed by atoms with Crippen LogP contribution in [0.2, 0.25) is 0 Å². The van der Waals surface area contributed by atoms with E-state index in [0.29, 0.717) is 11.5 Å². The highest BCUT2D eigenvalue weighted by Crippen LogP contribution is 2.23. The minimum absolute atomic E-state index is 0.116. The van der Waals surface area contributed by atoms with Crippen molar-refractivity contribution < 1.29 is 9.90 Å². The maximum absolute atomic E-state index is 12.1. The second-order valence-electron chi connectivity index (χ2n) is 3.87. The van der Waals surface area contributed by atoms with Crippen LogP contribution in [0.25, 0.3) is 10.9 Å². The van der Waals surface area contributed by atoms with Crippen LogP contribution >= 0.6 is 11.8 Å². The van der Waals surface area contributed by atoms with E-state index in [0.717, 1.165) is 22.2 Å². The molecule has 0 saturated heterocycles. The van der Waals surface area contributed by atoms with Crippen LogP contribution in [0.15, 0.2) is 24.3 Å². The second kappa shape index (κ2) is 5.38. The number of carbonyl (C=O) groups excluding carboxylic acids is 1. The minimum Gasteiger partial charge on any atom is -0.396 e. The van der Waals surface area contributed by atoms with Gasteiger partial charge in [0.15, 0.2) is 5.78 Å². The topological polar surface area (TPSA) is 53.1 Å². The number of H-pyrrole nitrogens is 1. The van der Waals surface area contributed by atoms with E-state index in [2.05, 4.69) is 4.98 Å². The number of aryl methyl sites for hydroxylation is 1. The average Bonchev–Trinajstić information content (AvgIpc) is 2.65. The molecular formula is C13H15NO2S. The summed E-state index contributed by atoms with van der Waals surface area (Å²) in [5.74, 6) is 1.15. The number of aliphatic hydroxyl groups excluding tert-OH is 1. The summed E-state index contributed by atoms with van der Waals surface area (Å²) in [5, 5.41) is 9.68. The quantitative estimate of drug-likeness (QED) is 0.632. The number of aliphatic hydroxyl groups is 1. The SMILES string of the molecule is Cc1[nH]c2ccccc2c1C(=O)CSCCO. The minimum atomic E-state index is 0.116. The summed E-state index contributed by atoms with van der Waals surface area (Å²) >= 11 is 1.46. The number of fused-ring (bicyclic) bond motifs is 1. The van der Waals surface area contributed by atoms with Gasteiger partial charge in [-0.1, -0.05) is 18.2 Å². The Bertz CT molecular complexity index is 533. The largest absolute Gasteiger partial charge is 0.396 e. The number of aromatic nitrogens is 1. The van der Waals surface area contributed by atoms with Gasteiger partial charge in [0, 0.05) is 27.9 Å². The smallest absolute Gasteiger partial charge is 0.175 e. The molecule has 0 aliphatic heterocycles. The first-order valence-electron chi connectivity index (χ1n) is 5.53. The zero-order valence-electron chi connectivity index (χ0n) is 9.69. The van der Waals surface area contributed by atoms with Gasteiger partial charge >= 0.3 is 0 Å². The molecule has 2 aromatic rings. The van der Waals surface area contributed by atoms with Gasteiger partial charge in [-0.25, -0.2) is 0 Å². The number of carbonyl (C=O) groups is 1. The van der Waals surface area contributed by atoms with Gasteiger partial charge in [0.2, 0.25) is 0 Å². The van der Waals surface area contributed by atoms with E-state index in [1.165, 1.54) is 11.8 Å². The number of Topliss-reactive ketones (excluding diaryl/α,β-unsaturated/α-hetero) is 1. The molecule has 0 unspecified atom stereocenters. The van der Waals surface area contributed by atoms with Crippen molar-refractivity contribution in [2.75, 3.05) is 18.1 Å². The van der Waals surface area contributed by atoms with Crippen molar-refractivity contribution in [2.24, 2.45) is 0 Å². The van der Waals surface area contributed by atoms with Crippen LogP contribution in [-0.2, 0) is 0 Å². The predicted molar refractivity (Wildman–Crippen MR) is 71.8 cm³/mol. The molecule has 0 aliphatic carbocycles. The molecule has 1 aromatic heterocycles. The average molecular weight is 249 g/mol. The Kier molecular flexibility index (Phi) is 3.86. The number of hydrogen-bond acceptors (Lipinski definition) is 3. The fourth-order valence-electron chi connectivity index (χ4n) is 1.94. The van der Waals surface area contributed by atoms with E-state index >= 15 is 0 Å². The second-order valence-corrected chi connectivity index (χ2v) is 4.98. The molecular weight excluding hydrogens is 234 g/mol. The van der Waals surface area contributed by atoms with E-state index in [4.69, 9.17) is 5.11 Å². The van der Waals surface area contributed by atoms with Crippen molar-refractivity contribution in [3.8, 4) is 0 Å². The lowest BCUT2D eigenvalue weighted by atomic mass is 10.1. The molecule has 0 atom stereocenters. The summed E-state index contributed by atoms with van der Waals surface area (Å²) in [5.41, 5.74) is 2.70. The molecule has 0 spiro atoms. The predicted octanol–water partition coefficient (Wildman–Crippen LogP) is 2.38. The van der Waals surface area contributed by atoms with E-state index in [-0.39, 0.29) is 12.4 Å². The molecule has 0 amide bonds. The Hall–Kier alpha value is -1.26. The summed E-state index contributed by atoms with van der Waals surface area (Å²) in [7, 11) is 0. The normalized spacial score (nSPS) is 10.9. The zero-order chi connectivity index (χ0) is 12.3. The maximum Gasteiger partial charge on any atom is 0.175 e. The molecule has 0 radical (unpaired) electrons. The molecule has 0 fully saturated rings. The van der Waals surface area contributed by atoms with Gasteiger partial charge in [0.1, 0.15) is 0 Å². The standard InChI is InChI=1S/C13H15NO2S/c1-9-13(12(16)8-17-7-6-15)10-4-2-3-5-11(10)14-9/h2-5,14-15H,6-8H2,1H3. The Morgan fingerprint density at radius 1 is 1.41 bits per heavy atom. The third-order valence-electron chi connectivity index (χ3n) is 2.64. The summed E-state index contributed by atoms with van der Waals surface area (Å²) in [4.78, 5) is 15.3. The highest BCUT2D eigenvalue weighted by atomic mass is 32.2. The zero-order valence-corrected chi connectivity index (χ0v) is 10.5. The van der Waals surface area contributed by atoms with Crippen molar-refractivity contribution in [3.05, 3.63) is 35.5 Å². The molecule has 0 bridgehead atoms. The summed E-state index contributed by atoms with van der Waals surface area (Å²) < 4.78 is 0. The molecule has 1 heterocycles. The number of hydrogen-bond donors (Lipinski definition) is 2. The summed E-state index contributed by atoms with van der Waals surface area (Å²) in [6, 6.07) is 7.82. The fraction of sp³-hybridized carbons (Fsp3) is 0.308. The first kappa shape index (κ1) is 12.2. The lowest BCUT2D eigenvalue weighted by Gasteiger charge is -2.00. The van der Waals surface area contributed by atoms with E-state index in [1.807, 2.05) is 31.2 Å². The number of thioether (sulfide) groups is 1. The molecule has 0 saturated carbocycles. The molecule has 0 aliphatic rings. The lowest BCUT2D eigenvalue weighted by molar-refractivity contribution is 0.102. The number of benzene rings is 1. The first-order chi connectivity index (χ1) is 8.24. The van der Waals surface area contributed by atoms with Crippen LogP contribution < -0.4 is 0 Å². The number of rotatable bonds is 5. The number of aromatic amines is 1. The van der Waals surface area contributed by atoms with Gasteiger partial charge in [0.25, 0.3) is 0 Å². The third kappa shape index (κ3) is 2.53. The van der Waals surface area contributed by atoms with Crippen molar-refractivity contribution in [3.63, 3.8) is 0 Å².